The molecule has 0 aromatic rings. The van der Waals surface area contributed by atoms with Gasteiger partial charge in [-0.2, -0.15) is 0 Å². The fraction of sp³-hybridized carbons (Fsp3) is 0.970. The van der Waals surface area contributed by atoms with Gasteiger partial charge in [-0.05, 0) is 121 Å². The molecule has 6 N–H and O–H groups in total. The van der Waals surface area contributed by atoms with Gasteiger partial charge in [0.25, 0.3) is 0 Å². The summed E-state index contributed by atoms with van der Waals surface area (Å²) in [6, 6.07) is 0. The first-order chi connectivity index (χ1) is 17.5. The van der Waals surface area contributed by atoms with Gasteiger partial charge in [-0.15, -0.1) is 0 Å². The van der Waals surface area contributed by atoms with Crippen molar-refractivity contribution < 1.29 is 15.0 Å². The van der Waals surface area contributed by atoms with Crippen LogP contribution in [0.1, 0.15) is 120 Å². The molecule has 11 atom stereocenters. The number of nitrogens with two attached hydrogens (primary N) is 2. The fourth-order valence-electron chi connectivity index (χ4n) is 12.0. The predicted octanol–water partition coefficient (Wildman–Crippen LogP) is 6.46. The van der Waals surface area contributed by atoms with Crippen molar-refractivity contribution in [3.8, 4) is 0 Å². The van der Waals surface area contributed by atoms with Crippen molar-refractivity contribution in [3.63, 3.8) is 0 Å². The Morgan fingerprint density at radius 2 is 1.39 bits per heavy atom. The Morgan fingerprint density at radius 3 is 1.97 bits per heavy atom. The smallest absolute Gasteiger partial charge is 0.336 e. The molecule has 0 bridgehead atoms. The van der Waals surface area contributed by atoms with Gasteiger partial charge in [-0.3, -0.25) is 0 Å². The number of aliphatic hydroxyl groups is 1. The van der Waals surface area contributed by atoms with E-state index in [1.54, 1.807) is 0 Å². The molecule has 0 saturated heterocycles. The lowest BCUT2D eigenvalue weighted by atomic mass is 9.30. The topological polar surface area (TPSA) is 110 Å². The van der Waals surface area contributed by atoms with Crippen LogP contribution in [0.2, 0.25) is 0 Å². The van der Waals surface area contributed by atoms with Gasteiger partial charge in [0.05, 0.1) is 0 Å². The third-order valence-corrected chi connectivity index (χ3v) is 14.6. The van der Waals surface area contributed by atoms with Crippen LogP contribution in [0.3, 0.4) is 0 Å². The average molecular weight is 533 g/mol. The van der Waals surface area contributed by atoms with Crippen molar-refractivity contribution in [2.24, 2.45) is 74.0 Å². The van der Waals surface area contributed by atoms with Crippen molar-refractivity contribution >= 4 is 5.97 Å². The Bertz CT molecular complexity index is 905. The molecule has 220 valence electrons. The van der Waals surface area contributed by atoms with E-state index < -0.39 is 17.0 Å². The van der Waals surface area contributed by atoms with E-state index in [0.717, 1.165) is 42.9 Å². The van der Waals surface area contributed by atoms with Crippen molar-refractivity contribution in [1.82, 2.24) is 0 Å². The van der Waals surface area contributed by atoms with Crippen molar-refractivity contribution in [2.75, 3.05) is 13.1 Å². The molecule has 38 heavy (non-hydrogen) atoms. The zero-order valence-electron chi connectivity index (χ0n) is 25.9. The first-order valence-corrected chi connectivity index (χ1v) is 15.9. The summed E-state index contributed by atoms with van der Waals surface area (Å²) in [6.07, 6.45) is 11.1. The lowest BCUT2D eigenvalue weighted by molar-refractivity contribution is -0.290. The number of carbonyl (C=O) groups is 1. The molecule has 5 rings (SSSR count). The van der Waals surface area contributed by atoms with E-state index in [0.29, 0.717) is 24.9 Å². The second kappa shape index (κ2) is 9.72. The minimum absolute atomic E-state index is 0.0773. The van der Waals surface area contributed by atoms with Crippen LogP contribution >= 0.6 is 0 Å². The monoisotopic (exact) mass is 532 g/mol. The number of hydrogen-bond donors (Lipinski definition) is 4. The molecule has 0 spiro atoms. The highest BCUT2D eigenvalue weighted by Gasteiger charge is 2.74. The summed E-state index contributed by atoms with van der Waals surface area (Å²) in [5, 5.41) is 22.4. The molecule has 5 aliphatic rings. The van der Waals surface area contributed by atoms with Crippen molar-refractivity contribution in [2.45, 2.75) is 125 Å². The molecule has 0 aliphatic heterocycles. The number of carboxylic acids is 1. The molecule has 0 aromatic heterocycles. The van der Waals surface area contributed by atoms with Gasteiger partial charge in [0.15, 0.2) is 5.60 Å². The molecule has 1 unspecified atom stereocenters. The Labute approximate surface area is 233 Å². The summed E-state index contributed by atoms with van der Waals surface area (Å²) < 4.78 is 0. The minimum atomic E-state index is -1.61. The third kappa shape index (κ3) is 3.91. The van der Waals surface area contributed by atoms with Crippen molar-refractivity contribution in [1.29, 1.82) is 0 Å². The highest BCUT2D eigenvalue weighted by Crippen LogP contribution is 2.78. The Hall–Kier alpha value is -0.650. The summed E-state index contributed by atoms with van der Waals surface area (Å²) in [4.78, 5) is 12.7. The first-order valence-electron chi connectivity index (χ1n) is 15.9. The van der Waals surface area contributed by atoms with E-state index in [1.165, 1.54) is 38.5 Å². The number of carboxylic acid groups (broad SMARTS) is 1. The lowest BCUT2D eigenvalue weighted by Gasteiger charge is -2.75. The van der Waals surface area contributed by atoms with Gasteiger partial charge in [0.2, 0.25) is 0 Å². The Kier molecular flexibility index (Phi) is 7.76. The predicted molar refractivity (Wildman–Crippen MR) is 155 cm³/mol. The number of rotatable bonds is 2. The second-order valence-electron chi connectivity index (χ2n) is 16.2. The molecule has 0 radical (unpaired) electrons. The molecule has 5 aliphatic carbocycles. The Balaban J connectivity index is 0.000000786. The molecule has 5 nitrogen and oxygen atoms in total. The maximum absolute atomic E-state index is 12.7. The summed E-state index contributed by atoms with van der Waals surface area (Å²) in [7, 11) is 0. The molecule has 5 heteroatoms. The van der Waals surface area contributed by atoms with Crippen LogP contribution in [-0.4, -0.2) is 34.9 Å². The first kappa shape index (κ1) is 30.3. The summed E-state index contributed by atoms with van der Waals surface area (Å²) in [6.45, 7) is 20.8. The van der Waals surface area contributed by atoms with E-state index in [9.17, 15) is 15.0 Å². The minimum Gasteiger partial charge on any atom is -0.479 e. The Morgan fingerprint density at radius 1 is 0.763 bits per heavy atom. The quantitative estimate of drug-likeness (QED) is 0.326. The van der Waals surface area contributed by atoms with Crippen molar-refractivity contribution in [3.05, 3.63) is 0 Å². The van der Waals surface area contributed by atoms with Crippen LogP contribution in [0, 0.1) is 62.6 Å². The van der Waals surface area contributed by atoms with E-state index in [2.05, 4.69) is 55.4 Å². The zero-order valence-corrected chi connectivity index (χ0v) is 25.9. The van der Waals surface area contributed by atoms with Gasteiger partial charge in [-0.25, -0.2) is 4.79 Å². The maximum Gasteiger partial charge on any atom is 0.336 e. The van der Waals surface area contributed by atoms with Crippen LogP contribution < -0.4 is 11.5 Å². The highest BCUT2D eigenvalue weighted by molar-refractivity contribution is 5.79. The van der Waals surface area contributed by atoms with Crippen LogP contribution in [0.5, 0.6) is 0 Å². The highest BCUT2D eigenvalue weighted by atomic mass is 16.4. The fourth-order valence-corrected chi connectivity index (χ4v) is 12.0. The maximum atomic E-state index is 12.7. The largest absolute Gasteiger partial charge is 0.479 e. The average Bonchev–Trinajstić information content (AvgIpc) is 2.85. The molecule has 5 saturated carbocycles. The SMILES string of the molecule is C[C@@H]1[C@H]2[C@H]3CC[C@@H]4[C@]5(C)[C@@H](CC[C@@]4(C)[C@]3(C)CC[C@@]2(C)CC[C@H]1C)C(C)(C)CCC5(O)C(=O)O.NCCN. The molecule has 0 heterocycles. The van der Waals surface area contributed by atoms with Crippen LogP contribution in [0.4, 0.5) is 0 Å². The van der Waals surface area contributed by atoms with Gasteiger partial charge in [-0.1, -0.05) is 55.4 Å². The summed E-state index contributed by atoms with van der Waals surface area (Å²) >= 11 is 0. The van der Waals surface area contributed by atoms with Crippen LogP contribution in [-0.2, 0) is 4.79 Å². The number of hydrogen-bond acceptors (Lipinski definition) is 4. The summed E-state index contributed by atoms with van der Waals surface area (Å²) in [5.74, 6) is 2.62. The van der Waals surface area contributed by atoms with E-state index >= 15 is 0 Å². The van der Waals surface area contributed by atoms with E-state index in [-0.39, 0.29) is 28.1 Å². The molecular formula is C33H60N2O3. The van der Waals surface area contributed by atoms with Crippen LogP contribution in [0.15, 0.2) is 0 Å². The molecule has 5 fully saturated rings. The van der Waals surface area contributed by atoms with Gasteiger partial charge >= 0.3 is 5.97 Å². The molecular weight excluding hydrogens is 472 g/mol. The lowest BCUT2D eigenvalue weighted by Crippen LogP contribution is -2.73. The van der Waals surface area contributed by atoms with Gasteiger partial charge in [0, 0.05) is 18.5 Å². The van der Waals surface area contributed by atoms with E-state index in [1.807, 2.05) is 0 Å². The standard InChI is InChI=1S/C31H52O3.C2H8N2/c1-19-11-13-27(5)16-17-28(6)21(24(27)20(19)2)9-10-23-29(28,7)14-12-22-26(3,4)15-18-31(34,25(32)33)30(22,23)8;3-1-2-4/h19-24,34H,9-18H2,1-8H3,(H,32,33);1-4H2/t19-,20+,21-,22+,23+,24+,27-,28-,29-,30+,31?;/m1./s1. The zero-order chi connectivity index (χ0) is 28.5. The van der Waals surface area contributed by atoms with Gasteiger partial charge < -0.3 is 21.7 Å². The van der Waals surface area contributed by atoms with Gasteiger partial charge in [0.1, 0.15) is 0 Å². The van der Waals surface area contributed by atoms with E-state index in [4.69, 9.17) is 11.5 Å². The normalized spacial score (nSPS) is 53.2. The number of aliphatic carboxylic acids is 1. The molecule has 0 aromatic carbocycles. The third-order valence-electron chi connectivity index (χ3n) is 14.6. The summed E-state index contributed by atoms with van der Waals surface area (Å²) in [5.41, 5.74) is 8.47. The van der Waals surface area contributed by atoms with Crippen LogP contribution in [0.25, 0.3) is 0 Å². The second-order valence-corrected chi connectivity index (χ2v) is 16.2. The molecule has 0 amide bonds. The number of fused-ring (bicyclic) bond motifs is 7.